The van der Waals surface area contributed by atoms with Crippen molar-refractivity contribution in [1.29, 1.82) is 0 Å². The highest BCUT2D eigenvalue weighted by Crippen LogP contribution is 2.23. The van der Waals surface area contributed by atoms with Gasteiger partial charge < -0.3 is 0 Å². The second kappa shape index (κ2) is 4.53. The second-order valence-corrected chi connectivity index (χ2v) is 6.68. The Hall–Kier alpha value is -1.99. The molecular weight excluding hydrogens is 300 g/mol. The number of pyridine rings is 1. The molecule has 3 aromatic rings. The maximum atomic E-state index is 11.3. The van der Waals surface area contributed by atoms with E-state index in [-0.39, 0.29) is 5.16 Å². The molecule has 102 valence electrons. The molecule has 0 saturated heterocycles. The van der Waals surface area contributed by atoms with Gasteiger partial charge in [0.2, 0.25) is 0 Å². The first-order valence-electron chi connectivity index (χ1n) is 5.66. The third-order valence-electron chi connectivity index (χ3n) is 2.90. The summed E-state index contributed by atoms with van der Waals surface area (Å²) in [6.45, 7) is 0. The summed E-state index contributed by atoms with van der Waals surface area (Å²) in [6, 6.07) is 9.48. The Morgan fingerprint density at radius 1 is 1.20 bits per heavy atom. The van der Waals surface area contributed by atoms with Crippen molar-refractivity contribution in [2.24, 2.45) is 7.05 Å². The fraction of sp³-hybridized carbons (Fsp3) is 0.0833. The lowest BCUT2D eigenvalue weighted by molar-refractivity contribution is 0.593. The summed E-state index contributed by atoms with van der Waals surface area (Å²) < 4.78 is 24.0. The molecule has 0 aliphatic carbocycles. The van der Waals surface area contributed by atoms with Gasteiger partial charge in [0.05, 0.1) is 5.52 Å². The van der Waals surface area contributed by atoms with Crippen molar-refractivity contribution >= 4 is 30.6 Å². The molecule has 20 heavy (non-hydrogen) atoms. The summed E-state index contributed by atoms with van der Waals surface area (Å²) in [6.07, 6.45) is 1.62. The van der Waals surface area contributed by atoms with Crippen molar-refractivity contribution in [1.82, 2.24) is 19.7 Å². The zero-order valence-corrected chi connectivity index (χ0v) is 11.9. The first kappa shape index (κ1) is 13.0. The molecular formula is C12H9ClN4O2S. The van der Waals surface area contributed by atoms with E-state index in [0.29, 0.717) is 11.4 Å². The highest BCUT2D eigenvalue weighted by molar-refractivity contribution is 8.13. The van der Waals surface area contributed by atoms with Crippen LogP contribution in [-0.2, 0) is 16.1 Å². The number of nitrogens with zero attached hydrogens (tertiary/aromatic N) is 4. The first-order chi connectivity index (χ1) is 9.47. The van der Waals surface area contributed by atoms with E-state index in [0.717, 1.165) is 10.9 Å². The molecule has 0 unspecified atom stereocenters. The Kier molecular flexibility index (Phi) is 2.95. The minimum Gasteiger partial charge on any atom is -0.300 e. The molecule has 0 N–H and O–H groups in total. The van der Waals surface area contributed by atoms with Gasteiger partial charge in [0, 0.05) is 34.9 Å². The van der Waals surface area contributed by atoms with Crippen LogP contribution in [0, 0.1) is 0 Å². The van der Waals surface area contributed by atoms with Crippen molar-refractivity contribution < 1.29 is 8.42 Å². The lowest BCUT2D eigenvalue weighted by atomic mass is 10.1. The van der Waals surface area contributed by atoms with E-state index in [9.17, 15) is 8.42 Å². The van der Waals surface area contributed by atoms with Crippen LogP contribution in [0.1, 0.15) is 0 Å². The molecule has 0 spiro atoms. The number of hydrogen-bond acceptors (Lipinski definition) is 5. The molecule has 0 bridgehead atoms. The highest BCUT2D eigenvalue weighted by atomic mass is 35.7. The van der Waals surface area contributed by atoms with Gasteiger partial charge in [0.15, 0.2) is 5.82 Å². The maximum Gasteiger partial charge on any atom is 0.296 e. The Labute approximate surface area is 119 Å². The van der Waals surface area contributed by atoms with E-state index in [2.05, 4.69) is 15.2 Å². The molecule has 0 radical (unpaired) electrons. The maximum absolute atomic E-state index is 11.3. The van der Waals surface area contributed by atoms with Crippen LogP contribution in [0.2, 0.25) is 0 Å². The van der Waals surface area contributed by atoms with Gasteiger partial charge in [-0.05, 0) is 12.1 Å². The molecule has 0 fully saturated rings. The standard InChI is InChI=1S/C12H9ClN4O2S/c1-17-11(15-16-12(17)20(13,18)19)9-6-8-4-2-3-5-10(8)14-7-9/h2-7H,1H3. The van der Waals surface area contributed by atoms with Gasteiger partial charge >= 0.3 is 0 Å². The van der Waals surface area contributed by atoms with E-state index < -0.39 is 9.05 Å². The van der Waals surface area contributed by atoms with Gasteiger partial charge in [-0.15, -0.1) is 10.2 Å². The van der Waals surface area contributed by atoms with Crippen LogP contribution in [0.5, 0.6) is 0 Å². The van der Waals surface area contributed by atoms with Crippen molar-refractivity contribution in [3.05, 3.63) is 36.5 Å². The molecule has 1 aromatic carbocycles. The van der Waals surface area contributed by atoms with Crippen molar-refractivity contribution in [3.8, 4) is 11.4 Å². The Morgan fingerprint density at radius 3 is 2.65 bits per heavy atom. The van der Waals surface area contributed by atoms with E-state index in [1.54, 1.807) is 13.2 Å². The van der Waals surface area contributed by atoms with E-state index in [4.69, 9.17) is 10.7 Å². The number of hydrogen-bond donors (Lipinski definition) is 0. The number of para-hydroxylation sites is 1. The topological polar surface area (TPSA) is 77.7 Å². The zero-order chi connectivity index (χ0) is 14.3. The van der Waals surface area contributed by atoms with Crippen LogP contribution in [0.15, 0.2) is 41.7 Å². The highest BCUT2D eigenvalue weighted by Gasteiger charge is 2.21. The van der Waals surface area contributed by atoms with Crippen LogP contribution in [0.4, 0.5) is 0 Å². The van der Waals surface area contributed by atoms with Gasteiger partial charge in [-0.25, -0.2) is 8.42 Å². The molecule has 0 amide bonds. The van der Waals surface area contributed by atoms with Crippen molar-refractivity contribution in [2.75, 3.05) is 0 Å². The minimum atomic E-state index is -3.92. The lowest BCUT2D eigenvalue weighted by Crippen LogP contribution is -2.02. The average Bonchev–Trinajstić information content (AvgIpc) is 2.80. The van der Waals surface area contributed by atoms with E-state index in [1.807, 2.05) is 30.3 Å². The third kappa shape index (κ3) is 2.14. The number of rotatable bonds is 2. The van der Waals surface area contributed by atoms with Gasteiger partial charge in [-0.3, -0.25) is 9.55 Å². The zero-order valence-electron chi connectivity index (χ0n) is 10.4. The normalized spacial score (nSPS) is 11.9. The summed E-state index contributed by atoms with van der Waals surface area (Å²) in [5, 5.41) is 8.12. The minimum absolute atomic E-state index is 0.290. The average molecular weight is 309 g/mol. The van der Waals surface area contributed by atoms with Gasteiger partial charge in [0.25, 0.3) is 14.2 Å². The summed E-state index contributed by atoms with van der Waals surface area (Å²) in [5.74, 6) is 0.391. The quantitative estimate of drug-likeness (QED) is 0.676. The number of aromatic nitrogens is 4. The summed E-state index contributed by atoms with van der Waals surface area (Å²) in [5.41, 5.74) is 1.52. The van der Waals surface area contributed by atoms with Crippen LogP contribution in [0.3, 0.4) is 0 Å². The van der Waals surface area contributed by atoms with Crippen LogP contribution >= 0.6 is 10.7 Å². The summed E-state index contributed by atoms with van der Waals surface area (Å²) in [4.78, 5) is 4.31. The fourth-order valence-corrected chi connectivity index (χ4v) is 2.93. The smallest absolute Gasteiger partial charge is 0.296 e. The van der Waals surface area contributed by atoms with Crippen LogP contribution in [-0.4, -0.2) is 28.2 Å². The van der Waals surface area contributed by atoms with Gasteiger partial charge in [-0.2, -0.15) is 0 Å². The Bertz CT molecular complexity index is 905. The largest absolute Gasteiger partial charge is 0.300 e. The Balaban J connectivity index is 2.19. The predicted molar refractivity (Wildman–Crippen MR) is 74.8 cm³/mol. The molecule has 0 aliphatic rings. The SMILES string of the molecule is Cn1c(-c2cnc3ccccc3c2)nnc1S(=O)(=O)Cl. The molecule has 3 rings (SSSR count). The first-order valence-corrected chi connectivity index (χ1v) is 7.97. The molecule has 0 atom stereocenters. The molecule has 2 heterocycles. The van der Waals surface area contributed by atoms with Crippen LogP contribution in [0.25, 0.3) is 22.3 Å². The predicted octanol–water partition coefficient (Wildman–Crippen LogP) is 1.96. The van der Waals surface area contributed by atoms with Crippen LogP contribution < -0.4 is 0 Å². The summed E-state index contributed by atoms with van der Waals surface area (Å²) in [7, 11) is 2.91. The molecule has 6 nitrogen and oxygen atoms in total. The van der Waals surface area contributed by atoms with E-state index >= 15 is 0 Å². The number of fused-ring (bicyclic) bond motifs is 1. The van der Waals surface area contributed by atoms with Gasteiger partial charge in [-0.1, -0.05) is 18.2 Å². The number of benzene rings is 1. The fourth-order valence-electron chi connectivity index (χ4n) is 1.97. The third-order valence-corrected chi connectivity index (χ3v) is 4.11. The van der Waals surface area contributed by atoms with Gasteiger partial charge in [0.1, 0.15) is 0 Å². The monoisotopic (exact) mass is 308 g/mol. The molecule has 0 aliphatic heterocycles. The Morgan fingerprint density at radius 2 is 1.95 bits per heavy atom. The molecule has 8 heteroatoms. The van der Waals surface area contributed by atoms with E-state index in [1.165, 1.54) is 4.57 Å². The van der Waals surface area contributed by atoms with Crippen molar-refractivity contribution in [3.63, 3.8) is 0 Å². The lowest BCUT2D eigenvalue weighted by Gasteiger charge is -2.03. The van der Waals surface area contributed by atoms with Crippen molar-refractivity contribution in [2.45, 2.75) is 5.16 Å². The molecule has 2 aromatic heterocycles. The number of halogens is 1. The second-order valence-electron chi connectivity index (χ2n) is 4.22. The summed E-state index contributed by atoms with van der Waals surface area (Å²) >= 11 is 0. The molecule has 0 saturated carbocycles.